The van der Waals surface area contributed by atoms with E-state index in [1.807, 2.05) is 7.05 Å². The molecule has 1 aliphatic carbocycles. The summed E-state index contributed by atoms with van der Waals surface area (Å²) >= 11 is 0. The van der Waals surface area contributed by atoms with Gasteiger partial charge in [-0.05, 0) is 38.6 Å². The minimum atomic E-state index is 0.804. The van der Waals surface area contributed by atoms with Gasteiger partial charge in [0, 0.05) is 39.3 Å². The van der Waals surface area contributed by atoms with E-state index >= 15 is 0 Å². The van der Waals surface area contributed by atoms with Crippen molar-refractivity contribution < 1.29 is 0 Å². The summed E-state index contributed by atoms with van der Waals surface area (Å²) in [7, 11) is 4.19. The molecule has 0 radical (unpaired) electrons. The second kappa shape index (κ2) is 8.62. The van der Waals surface area contributed by atoms with Crippen molar-refractivity contribution >= 4 is 5.96 Å². The highest BCUT2D eigenvalue weighted by molar-refractivity contribution is 5.79. The third kappa shape index (κ3) is 5.17. The van der Waals surface area contributed by atoms with E-state index in [-0.39, 0.29) is 0 Å². The lowest BCUT2D eigenvalue weighted by Gasteiger charge is -2.34. The lowest BCUT2D eigenvalue weighted by Crippen LogP contribution is -2.47. The van der Waals surface area contributed by atoms with Crippen molar-refractivity contribution in [2.24, 2.45) is 10.9 Å². The van der Waals surface area contributed by atoms with E-state index in [2.05, 4.69) is 34.1 Å². The monoisotopic (exact) mass is 294 g/mol. The summed E-state index contributed by atoms with van der Waals surface area (Å²) < 4.78 is 0. The third-order valence-corrected chi connectivity index (χ3v) is 5.24. The summed E-state index contributed by atoms with van der Waals surface area (Å²) in [5.41, 5.74) is 0. The number of hydrogen-bond donors (Lipinski definition) is 1. The summed E-state index contributed by atoms with van der Waals surface area (Å²) in [5.74, 6) is 1.97. The lowest BCUT2D eigenvalue weighted by atomic mass is 9.94. The molecule has 4 heteroatoms. The lowest BCUT2D eigenvalue weighted by molar-refractivity contribution is 0.193. The number of aliphatic imine (C=N–C) groups is 1. The van der Waals surface area contributed by atoms with Crippen LogP contribution in [-0.2, 0) is 0 Å². The Balaban J connectivity index is 1.68. The molecular weight excluding hydrogens is 260 g/mol. The van der Waals surface area contributed by atoms with E-state index < -0.39 is 0 Å². The molecule has 0 atom stereocenters. The number of rotatable bonds is 4. The zero-order valence-electron chi connectivity index (χ0n) is 14.3. The standard InChI is InChI=1S/C17H34N4/c1-15-9-12-21(13-10-15)17(18-2)19-11-14-20(3)16-7-5-4-6-8-16/h15-16H,4-14H2,1-3H3,(H,18,19). The first-order chi connectivity index (χ1) is 10.2. The molecule has 21 heavy (non-hydrogen) atoms. The van der Waals surface area contributed by atoms with Crippen LogP contribution >= 0.6 is 0 Å². The SMILES string of the molecule is CN=C(NCCN(C)C1CCCCC1)N1CCC(C)CC1. The highest BCUT2D eigenvalue weighted by atomic mass is 15.3. The molecular formula is C17H34N4. The minimum absolute atomic E-state index is 0.804. The zero-order chi connectivity index (χ0) is 15.1. The summed E-state index contributed by atoms with van der Waals surface area (Å²) in [5, 5.41) is 3.56. The van der Waals surface area contributed by atoms with Crippen LogP contribution in [0.2, 0.25) is 0 Å². The normalized spacial score (nSPS) is 22.9. The van der Waals surface area contributed by atoms with E-state index in [4.69, 9.17) is 0 Å². The van der Waals surface area contributed by atoms with Gasteiger partial charge in [0.15, 0.2) is 5.96 Å². The Labute approximate surface area is 131 Å². The van der Waals surface area contributed by atoms with Crippen molar-refractivity contribution in [1.29, 1.82) is 0 Å². The van der Waals surface area contributed by atoms with Crippen LogP contribution in [0.4, 0.5) is 0 Å². The van der Waals surface area contributed by atoms with E-state index in [9.17, 15) is 0 Å². The smallest absolute Gasteiger partial charge is 0.193 e. The van der Waals surface area contributed by atoms with Crippen molar-refractivity contribution in [3.05, 3.63) is 0 Å². The Morgan fingerprint density at radius 2 is 1.81 bits per heavy atom. The average molecular weight is 294 g/mol. The highest BCUT2D eigenvalue weighted by Gasteiger charge is 2.20. The average Bonchev–Trinajstić information content (AvgIpc) is 2.53. The van der Waals surface area contributed by atoms with Gasteiger partial charge in [-0.25, -0.2) is 0 Å². The van der Waals surface area contributed by atoms with Gasteiger partial charge in [0.2, 0.25) is 0 Å². The fraction of sp³-hybridized carbons (Fsp3) is 0.941. The van der Waals surface area contributed by atoms with E-state index in [0.717, 1.165) is 44.1 Å². The Morgan fingerprint density at radius 3 is 2.43 bits per heavy atom. The van der Waals surface area contributed by atoms with Gasteiger partial charge >= 0.3 is 0 Å². The van der Waals surface area contributed by atoms with Crippen LogP contribution in [0.1, 0.15) is 51.9 Å². The Morgan fingerprint density at radius 1 is 1.14 bits per heavy atom. The molecule has 0 aromatic heterocycles. The highest BCUT2D eigenvalue weighted by Crippen LogP contribution is 2.21. The van der Waals surface area contributed by atoms with E-state index in [1.165, 1.54) is 44.9 Å². The molecule has 2 fully saturated rings. The van der Waals surface area contributed by atoms with Crippen LogP contribution in [0.5, 0.6) is 0 Å². The first-order valence-electron chi connectivity index (χ1n) is 8.86. The van der Waals surface area contributed by atoms with Crippen molar-refractivity contribution in [2.75, 3.05) is 40.3 Å². The van der Waals surface area contributed by atoms with Crippen LogP contribution < -0.4 is 5.32 Å². The molecule has 0 amide bonds. The number of likely N-dealkylation sites (tertiary alicyclic amines) is 1. The van der Waals surface area contributed by atoms with Crippen LogP contribution in [0.3, 0.4) is 0 Å². The maximum atomic E-state index is 4.46. The van der Waals surface area contributed by atoms with Crippen LogP contribution in [0, 0.1) is 5.92 Å². The first kappa shape index (κ1) is 16.6. The maximum Gasteiger partial charge on any atom is 0.193 e. The Bertz CT molecular complexity index is 315. The molecule has 2 aliphatic rings. The summed E-state index contributed by atoms with van der Waals surface area (Å²) in [4.78, 5) is 9.42. The first-order valence-corrected chi connectivity index (χ1v) is 8.86. The zero-order valence-corrected chi connectivity index (χ0v) is 14.3. The third-order valence-electron chi connectivity index (χ3n) is 5.24. The fourth-order valence-corrected chi connectivity index (χ4v) is 3.60. The summed E-state index contributed by atoms with van der Waals surface area (Å²) in [6.07, 6.45) is 9.62. The topological polar surface area (TPSA) is 30.9 Å². The predicted octanol–water partition coefficient (Wildman–Crippen LogP) is 2.56. The van der Waals surface area contributed by atoms with Crippen LogP contribution in [-0.4, -0.2) is 62.1 Å². The molecule has 1 aliphatic heterocycles. The summed E-state index contributed by atoms with van der Waals surface area (Å²) in [6.45, 7) is 6.78. The van der Waals surface area contributed by atoms with Crippen molar-refractivity contribution in [1.82, 2.24) is 15.1 Å². The van der Waals surface area contributed by atoms with Crippen LogP contribution in [0.15, 0.2) is 4.99 Å². The molecule has 0 bridgehead atoms. The van der Waals surface area contributed by atoms with Gasteiger partial charge in [0.05, 0.1) is 0 Å². The van der Waals surface area contributed by atoms with Crippen molar-refractivity contribution in [3.63, 3.8) is 0 Å². The van der Waals surface area contributed by atoms with Gasteiger partial charge in [-0.15, -0.1) is 0 Å². The summed E-state index contributed by atoms with van der Waals surface area (Å²) in [6, 6.07) is 0.804. The largest absolute Gasteiger partial charge is 0.355 e. The minimum Gasteiger partial charge on any atom is -0.355 e. The molecule has 4 nitrogen and oxygen atoms in total. The molecule has 2 rings (SSSR count). The maximum absolute atomic E-state index is 4.46. The van der Waals surface area contributed by atoms with E-state index in [1.54, 1.807) is 0 Å². The second-order valence-corrected chi connectivity index (χ2v) is 6.92. The molecule has 1 saturated carbocycles. The molecule has 0 aromatic rings. The van der Waals surface area contributed by atoms with Gasteiger partial charge in [0.25, 0.3) is 0 Å². The van der Waals surface area contributed by atoms with Gasteiger partial charge in [0.1, 0.15) is 0 Å². The Hall–Kier alpha value is -0.770. The number of hydrogen-bond acceptors (Lipinski definition) is 2. The molecule has 0 spiro atoms. The van der Waals surface area contributed by atoms with Gasteiger partial charge in [-0.1, -0.05) is 26.2 Å². The number of piperidine rings is 1. The Kier molecular flexibility index (Phi) is 6.81. The van der Waals surface area contributed by atoms with Crippen molar-refractivity contribution in [3.8, 4) is 0 Å². The van der Waals surface area contributed by atoms with Gasteiger partial charge in [-0.2, -0.15) is 0 Å². The molecule has 122 valence electrons. The quantitative estimate of drug-likeness (QED) is 0.638. The number of likely N-dealkylation sites (N-methyl/N-ethyl adjacent to an activating group) is 1. The molecule has 1 heterocycles. The van der Waals surface area contributed by atoms with Gasteiger partial charge in [-0.3, -0.25) is 4.99 Å². The number of nitrogens with zero attached hydrogens (tertiary/aromatic N) is 3. The predicted molar refractivity (Wildman–Crippen MR) is 90.8 cm³/mol. The van der Waals surface area contributed by atoms with Crippen LogP contribution in [0.25, 0.3) is 0 Å². The molecule has 0 unspecified atom stereocenters. The molecule has 0 aromatic carbocycles. The molecule has 1 saturated heterocycles. The number of guanidine groups is 1. The number of nitrogens with one attached hydrogen (secondary N) is 1. The fourth-order valence-electron chi connectivity index (χ4n) is 3.60. The van der Waals surface area contributed by atoms with Gasteiger partial charge < -0.3 is 15.1 Å². The molecule has 1 N–H and O–H groups in total. The van der Waals surface area contributed by atoms with E-state index in [0.29, 0.717) is 0 Å². The van der Waals surface area contributed by atoms with Crippen molar-refractivity contribution in [2.45, 2.75) is 57.9 Å². The second-order valence-electron chi connectivity index (χ2n) is 6.92.